The second-order valence-electron chi connectivity index (χ2n) is 17.8. The van der Waals surface area contributed by atoms with Gasteiger partial charge in [-0.05, 0) is 103 Å². The highest BCUT2D eigenvalue weighted by molar-refractivity contribution is 5.71. The van der Waals surface area contributed by atoms with Crippen molar-refractivity contribution in [1.82, 2.24) is 0 Å². The highest BCUT2D eigenvalue weighted by Gasteiger charge is 2.19. The minimum absolute atomic E-state index is 0.0989. The summed E-state index contributed by atoms with van der Waals surface area (Å²) in [5.41, 5.74) is 0. The molecule has 1 atom stereocenters. The average Bonchev–Trinajstić information content (AvgIpc) is 3.29. The van der Waals surface area contributed by atoms with Gasteiger partial charge in [-0.2, -0.15) is 0 Å². The molecule has 368 valence electrons. The number of hydrogen-bond donors (Lipinski definition) is 0. The maximum absolute atomic E-state index is 12.8. The van der Waals surface area contributed by atoms with Gasteiger partial charge < -0.3 is 14.2 Å². The summed E-state index contributed by atoms with van der Waals surface area (Å²) < 4.78 is 16.8. The SMILES string of the molecule is CC/C=C\C/C=C\C/C=C\CCCCC(=O)OCC(COC(=O)CCCCCCC/C=C\C=C/CCCCCCCCC)OC(=O)CCCCCCC/C=C\CCCCCCCCC. The minimum Gasteiger partial charge on any atom is -0.462 e. The maximum atomic E-state index is 12.8. The van der Waals surface area contributed by atoms with Crippen LogP contribution >= 0.6 is 0 Å². The molecule has 0 aliphatic rings. The average molecular weight is 893 g/mol. The van der Waals surface area contributed by atoms with Crippen LogP contribution in [0.15, 0.2) is 72.9 Å². The first kappa shape index (κ1) is 60.9. The third-order valence-corrected chi connectivity index (χ3v) is 11.4. The van der Waals surface area contributed by atoms with Crippen LogP contribution in [-0.2, 0) is 28.6 Å². The van der Waals surface area contributed by atoms with Gasteiger partial charge in [-0.1, -0.05) is 209 Å². The molecule has 0 aliphatic heterocycles. The first-order chi connectivity index (χ1) is 31.5. The van der Waals surface area contributed by atoms with Crippen LogP contribution in [0.3, 0.4) is 0 Å². The van der Waals surface area contributed by atoms with Gasteiger partial charge in [0.1, 0.15) is 13.2 Å². The van der Waals surface area contributed by atoms with Gasteiger partial charge in [0.15, 0.2) is 6.10 Å². The Morgan fingerprint density at radius 3 is 1.09 bits per heavy atom. The van der Waals surface area contributed by atoms with Crippen LogP contribution in [0.1, 0.15) is 258 Å². The molecule has 6 heteroatoms. The lowest BCUT2D eigenvalue weighted by Gasteiger charge is -2.18. The number of allylic oxidation sites excluding steroid dienone is 12. The number of rotatable bonds is 48. The number of unbranched alkanes of at least 4 members (excludes halogenated alkanes) is 26. The quantitative estimate of drug-likeness (QED) is 0.0199. The Morgan fingerprint density at radius 1 is 0.344 bits per heavy atom. The summed E-state index contributed by atoms with van der Waals surface area (Å²) in [4.78, 5) is 38.0. The molecule has 0 bridgehead atoms. The molecule has 0 amide bonds. The van der Waals surface area contributed by atoms with E-state index in [-0.39, 0.29) is 31.1 Å². The molecule has 0 saturated heterocycles. The van der Waals surface area contributed by atoms with E-state index in [2.05, 4.69) is 93.7 Å². The van der Waals surface area contributed by atoms with E-state index in [0.717, 1.165) is 109 Å². The van der Waals surface area contributed by atoms with Crippen molar-refractivity contribution in [2.45, 2.75) is 264 Å². The molecule has 0 aromatic heterocycles. The molecular weight excluding hydrogens is 793 g/mol. The Balaban J connectivity index is 4.44. The van der Waals surface area contributed by atoms with Crippen LogP contribution in [0.2, 0.25) is 0 Å². The van der Waals surface area contributed by atoms with Gasteiger partial charge in [-0.25, -0.2) is 0 Å². The third-order valence-electron chi connectivity index (χ3n) is 11.4. The number of carbonyl (C=O) groups excluding carboxylic acids is 3. The van der Waals surface area contributed by atoms with Crippen LogP contribution in [0.4, 0.5) is 0 Å². The lowest BCUT2D eigenvalue weighted by Crippen LogP contribution is -2.30. The number of esters is 3. The molecular formula is C58H100O6. The van der Waals surface area contributed by atoms with Gasteiger partial charge in [-0.3, -0.25) is 14.4 Å². The fourth-order valence-electron chi connectivity index (χ4n) is 7.38. The Labute approximate surface area is 395 Å². The first-order valence-corrected chi connectivity index (χ1v) is 27.0. The van der Waals surface area contributed by atoms with Crippen LogP contribution < -0.4 is 0 Å². The number of ether oxygens (including phenoxy) is 3. The lowest BCUT2D eigenvalue weighted by atomic mass is 10.1. The molecule has 0 aliphatic carbocycles. The lowest BCUT2D eigenvalue weighted by molar-refractivity contribution is -0.167. The second kappa shape index (κ2) is 52.5. The Morgan fingerprint density at radius 2 is 0.656 bits per heavy atom. The zero-order valence-electron chi connectivity index (χ0n) is 42.0. The zero-order chi connectivity index (χ0) is 46.5. The molecule has 0 aromatic rings. The molecule has 0 heterocycles. The van der Waals surface area contributed by atoms with Crippen molar-refractivity contribution in [3.63, 3.8) is 0 Å². The van der Waals surface area contributed by atoms with Crippen molar-refractivity contribution in [2.24, 2.45) is 0 Å². The molecule has 6 nitrogen and oxygen atoms in total. The second-order valence-corrected chi connectivity index (χ2v) is 17.8. The fraction of sp³-hybridized carbons (Fsp3) is 0.741. The fourth-order valence-corrected chi connectivity index (χ4v) is 7.38. The zero-order valence-corrected chi connectivity index (χ0v) is 42.0. The predicted molar refractivity (Wildman–Crippen MR) is 274 cm³/mol. The van der Waals surface area contributed by atoms with E-state index in [0.29, 0.717) is 19.3 Å². The first-order valence-electron chi connectivity index (χ1n) is 27.0. The number of hydrogen-bond acceptors (Lipinski definition) is 6. The van der Waals surface area contributed by atoms with Gasteiger partial charge in [-0.15, -0.1) is 0 Å². The molecule has 0 saturated carbocycles. The predicted octanol–water partition coefficient (Wildman–Crippen LogP) is 17.8. The largest absolute Gasteiger partial charge is 0.462 e. The van der Waals surface area contributed by atoms with Crippen molar-refractivity contribution in [3.05, 3.63) is 72.9 Å². The van der Waals surface area contributed by atoms with E-state index in [1.54, 1.807) is 0 Å². The molecule has 0 rings (SSSR count). The van der Waals surface area contributed by atoms with Crippen LogP contribution in [-0.4, -0.2) is 37.2 Å². The Bertz CT molecular complexity index is 1210. The summed E-state index contributed by atoms with van der Waals surface area (Å²) in [6.45, 7) is 6.47. The van der Waals surface area contributed by atoms with Crippen molar-refractivity contribution in [3.8, 4) is 0 Å². The number of carbonyl (C=O) groups is 3. The normalized spacial score (nSPS) is 12.6. The molecule has 1 unspecified atom stereocenters. The van der Waals surface area contributed by atoms with Gasteiger partial charge in [0, 0.05) is 19.3 Å². The van der Waals surface area contributed by atoms with E-state index in [4.69, 9.17) is 14.2 Å². The van der Waals surface area contributed by atoms with Gasteiger partial charge in [0.2, 0.25) is 0 Å². The molecule has 0 radical (unpaired) electrons. The highest BCUT2D eigenvalue weighted by Crippen LogP contribution is 2.14. The van der Waals surface area contributed by atoms with Gasteiger partial charge in [0.05, 0.1) is 0 Å². The summed E-state index contributed by atoms with van der Waals surface area (Å²) in [6, 6.07) is 0. The summed E-state index contributed by atoms with van der Waals surface area (Å²) in [5, 5.41) is 0. The Hall–Kier alpha value is -3.15. The third kappa shape index (κ3) is 49.9. The standard InChI is InChI=1S/C58H100O6/c1-4-7-10-13-16-19-22-25-27-29-30-32-33-36-39-42-45-48-51-57(60)63-54-55(53-62-56(59)50-47-44-41-38-35-24-21-18-15-12-9-6-3)64-58(61)52-49-46-43-40-37-34-31-28-26-23-20-17-14-11-8-5-2/h9,12,18,21,27-32,35,38,55H,4-8,10-11,13-17,19-20,22-26,33-34,36-37,39-54H2,1-3H3/b12-9-,21-18-,29-27-,31-28-,32-30-,38-35-. The monoisotopic (exact) mass is 893 g/mol. The summed E-state index contributed by atoms with van der Waals surface area (Å²) in [5.74, 6) is -0.959. The molecule has 0 spiro atoms. The van der Waals surface area contributed by atoms with E-state index < -0.39 is 6.10 Å². The highest BCUT2D eigenvalue weighted by atomic mass is 16.6. The van der Waals surface area contributed by atoms with Crippen molar-refractivity contribution in [2.75, 3.05) is 13.2 Å². The molecule has 0 fully saturated rings. The smallest absolute Gasteiger partial charge is 0.306 e. The Kier molecular flexibility index (Phi) is 49.9. The molecule has 64 heavy (non-hydrogen) atoms. The van der Waals surface area contributed by atoms with Crippen LogP contribution in [0.25, 0.3) is 0 Å². The summed E-state index contributed by atoms with van der Waals surface area (Å²) >= 11 is 0. The van der Waals surface area contributed by atoms with Crippen molar-refractivity contribution in [1.29, 1.82) is 0 Å². The van der Waals surface area contributed by atoms with E-state index in [1.165, 1.54) is 109 Å². The topological polar surface area (TPSA) is 78.9 Å². The molecule has 0 aromatic carbocycles. The maximum Gasteiger partial charge on any atom is 0.306 e. The van der Waals surface area contributed by atoms with Crippen LogP contribution in [0, 0.1) is 0 Å². The van der Waals surface area contributed by atoms with Crippen molar-refractivity contribution >= 4 is 17.9 Å². The summed E-state index contributed by atoms with van der Waals surface area (Å²) in [6.07, 6.45) is 66.1. The van der Waals surface area contributed by atoms with Gasteiger partial charge >= 0.3 is 17.9 Å². The van der Waals surface area contributed by atoms with Crippen molar-refractivity contribution < 1.29 is 28.6 Å². The van der Waals surface area contributed by atoms with E-state index in [9.17, 15) is 14.4 Å². The minimum atomic E-state index is -0.801. The van der Waals surface area contributed by atoms with E-state index in [1.807, 2.05) is 0 Å². The summed E-state index contributed by atoms with van der Waals surface area (Å²) in [7, 11) is 0. The molecule has 0 N–H and O–H groups in total. The van der Waals surface area contributed by atoms with Gasteiger partial charge in [0.25, 0.3) is 0 Å². The van der Waals surface area contributed by atoms with Crippen LogP contribution in [0.5, 0.6) is 0 Å². The van der Waals surface area contributed by atoms with E-state index >= 15 is 0 Å².